The first-order valence-electron chi connectivity index (χ1n) is 13.2. The summed E-state index contributed by atoms with van der Waals surface area (Å²) in [4.78, 5) is 0. The Kier molecular flexibility index (Phi) is 8.92. The average Bonchev–Trinajstić information content (AvgIpc) is 2.84. The molecule has 0 atom stereocenters. The number of hydrogen-bond acceptors (Lipinski definition) is 0. The first kappa shape index (κ1) is 23.6. The van der Waals surface area contributed by atoms with Crippen LogP contribution in [0.25, 0.3) is 12.2 Å². The van der Waals surface area contributed by atoms with Gasteiger partial charge in [-0.2, -0.15) is 0 Å². The third-order valence-electron chi connectivity index (χ3n) is 8.26. The van der Waals surface area contributed by atoms with Gasteiger partial charge in [-0.25, -0.2) is 0 Å². The molecular weight excluding hydrogens is 408 g/mol. The largest absolute Gasteiger partial charge is 0.0837 e. The van der Waals surface area contributed by atoms with Crippen LogP contribution in [0.3, 0.4) is 0 Å². The van der Waals surface area contributed by atoms with Crippen molar-refractivity contribution < 1.29 is 0 Å². The molecule has 2 aromatic carbocycles. The highest BCUT2D eigenvalue weighted by molar-refractivity contribution is 6.32. The summed E-state index contributed by atoms with van der Waals surface area (Å²) in [6, 6.07) is 17.2. The van der Waals surface area contributed by atoms with Crippen molar-refractivity contribution in [3.8, 4) is 0 Å². The second kappa shape index (κ2) is 12.1. The Labute approximate surface area is 201 Å². The predicted octanol–water partition coefficient (Wildman–Crippen LogP) is 10.2. The average molecular weight is 449 g/mol. The van der Waals surface area contributed by atoms with Crippen LogP contribution in [0.1, 0.15) is 107 Å². The van der Waals surface area contributed by atoms with E-state index < -0.39 is 0 Å². The zero-order valence-corrected chi connectivity index (χ0v) is 20.7. The van der Waals surface area contributed by atoms with Gasteiger partial charge in [0, 0.05) is 5.02 Å². The molecule has 32 heavy (non-hydrogen) atoms. The van der Waals surface area contributed by atoms with E-state index in [0.717, 1.165) is 34.3 Å². The van der Waals surface area contributed by atoms with E-state index in [9.17, 15) is 0 Å². The number of hydrogen-bond donors (Lipinski definition) is 0. The Balaban J connectivity index is 1.19. The lowest BCUT2D eigenvalue weighted by Crippen LogP contribution is -2.17. The molecule has 2 saturated carbocycles. The Morgan fingerprint density at radius 1 is 0.688 bits per heavy atom. The molecule has 4 rings (SSSR count). The van der Waals surface area contributed by atoms with Gasteiger partial charge < -0.3 is 0 Å². The third kappa shape index (κ3) is 6.74. The van der Waals surface area contributed by atoms with Crippen molar-refractivity contribution in [3.63, 3.8) is 0 Å². The molecular formula is C31H41Cl. The van der Waals surface area contributed by atoms with Crippen molar-refractivity contribution in [1.82, 2.24) is 0 Å². The van der Waals surface area contributed by atoms with Crippen LogP contribution in [-0.4, -0.2) is 0 Å². The van der Waals surface area contributed by atoms with Crippen LogP contribution in [0.2, 0.25) is 5.02 Å². The minimum Gasteiger partial charge on any atom is -0.0837 e. The molecule has 0 unspecified atom stereocenters. The second-order valence-corrected chi connectivity index (χ2v) is 10.9. The van der Waals surface area contributed by atoms with Gasteiger partial charge in [0.1, 0.15) is 0 Å². The Bertz CT molecular complexity index is 833. The molecule has 0 aliphatic heterocycles. The van der Waals surface area contributed by atoms with Crippen molar-refractivity contribution in [2.24, 2.45) is 17.8 Å². The molecule has 2 aromatic rings. The highest BCUT2D eigenvalue weighted by Gasteiger charge is 2.25. The van der Waals surface area contributed by atoms with E-state index >= 15 is 0 Å². The molecule has 0 bridgehead atoms. The Hall–Kier alpha value is -1.53. The van der Waals surface area contributed by atoms with E-state index in [-0.39, 0.29) is 0 Å². The summed E-state index contributed by atoms with van der Waals surface area (Å²) in [5, 5.41) is 0.807. The zero-order valence-electron chi connectivity index (χ0n) is 19.9. The van der Waals surface area contributed by atoms with E-state index in [0.29, 0.717) is 0 Å². The minimum atomic E-state index is 0.761. The van der Waals surface area contributed by atoms with Gasteiger partial charge in [-0.05, 0) is 72.1 Å². The van der Waals surface area contributed by atoms with Crippen molar-refractivity contribution in [1.29, 1.82) is 0 Å². The maximum atomic E-state index is 6.26. The molecule has 0 saturated heterocycles. The van der Waals surface area contributed by atoms with E-state index in [2.05, 4.69) is 49.4 Å². The van der Waals surface area contributed by atoms with Crippen molar-refractivity contribution >= 4 is 23.8 Å². The van der Waals surface area contributed by atoms with E-state index in [4.69, 9.17) is 11.6 Å². The molecule has 0 spiro atoms. The molecule has 2 aliphatic rings. The van der Waals surface area contributed by atoms with Gasteiger partial charge >= 0.3 is 0 Å². The molecule has 0 nitrogen and oxygen atoms in total. The molecule has 0 N–H and O–H groups in total. The normalized spacial score (nSPS) is 26.4. The summed E-state index contributed by atoms with van der Waals surface area (Å²) in [6.45, 7) is 2.34. The molecule has 2 aliphatic carbocycles. The van der Waals surface area contributed by atoms with Gasteiger partial charge in [0.25, 0.3) is 0 Å². The van der Waals surface area contributed by atoms with Crippen LogP contribution in [0, 0.1) is 17.8 Å². The molecule has 1 heteroatoms. The quantitative estimate of drug-likeness (QED) is 0.352. The van der Waals surface area contributed by atoms with Crippen LogP contribution < -0.4 is 0 Å². The maximum Gasteiger partial charge on any atom is 0.0478 e. The van der Waals surface area contributed by atoms with Crippen LogP contribution in [0.15, 0.2) is 48.5 Å². The molecule has 172 valence electrons. The predicted molar refractivity (Wildman–Crippen MR) is 141 cm³/mol. The number of halogens is 1. The monoisotopic (exact) mass is 448 g/mol. The molecule has 0 radical (unpaired) electrons. The van der Waals surface area contributed by atoms with Gasteiger partial charge in [0.2, 0.25) is 0 Å². The van der Waals surface area contributed by atoms with Crippen molar-refractivity contribution in [2.75, 3.05) is 0 Å². The van der Waals surface area contributed by atoms with Crippen LogP contribution in [0.5, 0.6) is 0 Å². The summed E-state index contributed by atoms with van der Waals surface area (Å²) >= 11 is 6.26. The lowest BCUT2D eigenvalue weighted by molar-refractivity contribution is 0.224. The summed E-state index contributed by atoms with van der Waals surface area (Å²) in [7, 11) is 0. The molecule has 0 heterocycles. The first-order chi connectivity index (χ1) is 15.7. The van der Waals surface area contributed by atoms with Crippen LogP contribution in [-0.2, 0) is 0 Å². The van der Waals surface area contributed by atoms with E-state index in [1.807, 2.05) is 18.2 Å². The fourth-order valence-corrected chi connectivity index (χ4v) is 6.35. The second-order valence-electron chi connectivity index (χ2n) is 10.5. The lowest BCUT2D eigenvalue weighted by Gasteiger charge is -2.32. The number of benzene rings is 2. The summed E-state index contributed by atoms with van der Waals surface area (Å²) in [5.41, 5.74) is 3.86. The maximum absolute atomic E-state index is 6.26. The van der Waals surface area contributed by atoms with Gasteiger partial charge in [-0.15, -0.1) is 0 Å². The summed E-state index contributed by atoms with van der Waals surface area (Å²) < 4.78 is 0. The van der Waals surface area contributed by atoms with Gasteiger partial charge in [0.05, 0.1) is 0 Å². The lowest BCUT2D eigenvalue weighted by atomic mass is 9.74. The molecule has 2 fully saturated rings. The third-order valence-corrected chi connectivity index (χ3v) is 8.61. The smallest absolute Gasteiger partial charge is 0.0478 e. The van der Waals surface area contributed by atoms with Crippen molar-refractivity contribution in [3.05, 3.63) is 70.2 Å². The minimum absolute atomic E-state index is 0.761. The topological polar surface area (TPSA) is 0 Å². The highest BCUT2D eigenvalue weighted by atomic mass is 35.5. The van der Waals surface area contributed by atoms with Crippen molar-refractivity contribution in [2.45, 2.75) is 89.9 Å². The zero-order chi connectivity index (χ0) is 22.2. The first-order valence-corrected chi connectivity index (χ1v) is 13.6. The van der Waals surface area contributed by atoms with Gasteiger partial charge in [0.15, 0.2) is 0 Å². The highest BCUT2D eigenvalue weighted by Crippen LogP contribution is 2.40. The van der Waals surface area contributed by atoms with Crippen LogP contribution >= 0.6 is 11.6 Å². The fraction of sp³-hybridized carbons (Fsp3) is 0.548. The van der Waals surface area contributed by atoms with Gasteiger partial charge in [-0.1, -0.05) is 125 Å². The molecule has 0 amide bonds. The van der Waals surface area contributed by atoms with E-state index in [1.165, 1.54) is 88.2 Å². The Morgan fingerprint density at radius 2 is 1.25 bits per heavy atom. The number of rotatable bonds is 8. The standard InChI is InChI=1S/C31H41Cl/c1-2-5-24-8-10-25(11-9-24)12-13-26-14-19-28(20-15-26)29-21-16-27(17-22-29)18-23-30-6-3-4-7-31(30)32/h3-4,6-7,16-18,21-26,28H,2,5,8-15,19-20H2,1H3. The van der Waals surface area contributed by atoms with Gasteiger partial charge in [-0.3, -0.25) is 0 Å². The summed E-state index contributed by atoms with van der Waals surface area (Å²) in [6.07, 6.45) is 21.8. The SMILES string of the molecule is CCCC1CCC(CCC2CCC(c3ccc(C=Cc4ccccc4Cl)cc3)CC2)CC1. The Morgan fingerprint density at radius 3 is 1.84 bits per heavy atom. The van der Waals surface area contributed by atoms with E-state index in [1.54, 1.807) is 0 Å². The fourth-order valence-electron chi connectivity index (χ4n) is 6.15. The summed E-state index contributed by atoms with van der Waals surface area (Å²) in [5.74, 6) is 3.83. The molecule has 0 aromatic heterocycles. The van der Waals surface area contributed by atoms with Crippen LogP contribution in [0.4, 0.5) is 0 Å².